The number of carbonyl (C=O) groups is 1. The normalized spacial score (nSPS) is 15.2. The van der Waals surface area contributed by atoms with Crippen LogP contribution in [0.2, 0.25) is 0 Å². The number of benzene rings is 1. The Bertz CT molecular complexity index is 700. The number of halogens is 1. The molecule has 6 nitrogen and oxygen atoms in total. The van der Waals surface area contributed by atoms with E-state index in [0.29, 0.717) is 30.4 Å². The molecule has 2 heterocycles. The van der Waals surface area contributed by atoms with Gasteiger partial charge in [-0.15, -0.1) is 0 Å². The molecule has 0 N–H and O–H groups in total. The maximum Gasteiger partial charge on any atom is 0.316 e. The summed E-state index contributed by atoms with van der Waals surface area (Å²) in [6.07, 6.45) is 4.86. The van der Waals surface area contributed by atoms with Crippen LogP contribution in [0.15, 0.2) is 41.1 Å². The summed E-state index contributed by atoms with van der Waals surface area (Å²) >= 11 is 3.29. The fourth-order valence-electron chi connectivity index (χ4n) is 2.63. The van der Waals surface area contributed by atoms with Gasteiger partial charge in [-0.05, 0) is 34.1 Å². The molecule has 1 aromatic carbocycles. The highest BCUT2D eigenvalue weighted by Crippen LogP contribution is 2.20. The van der Waals surface area contributed by atoms with E-state index in [1.54, 1.807) is 25.6 Å². The van der Waals surface area contributed by atoms with Crippen LogP contribution in [-0.2, 0) is 0 Å². The highest BCUT2D eigenvalue weighted by Gasteiger charge is 2.25. The number of amides is 1. The molecule has 1 aromatic heterocycles. The number of methoxy groups -OCH3 is 1. The third-order valence-electron chi connectivity index (χ3n) is 3.91. The molecule has 0 saturated carbocycles. The van der Waals surface area contributed by atoms with Crippen LogP contribution in [0.25, 0.3) is 0 Å². The quantitative estimate of drug-likeness (QED) is 0.801. The first-order valence-electron chi connectivity index (χ1n) is 7.73. The Labute approximate surface area is 148 Å². The highest BCUT2D eigenvalue weighted by molar-refractivity contribution is 9.10. The van der Waals surface area contributed by atoms with E-state index in [2.05, 4.69) is 25.9 Å². The second-order valence-electron chi connectivity index (χ2n) is 5.53. The largest absolute Gasteiger partial charge is 0.497 e. The number of piperidine rings is 1. The average Bonchev–Trinajstić information content (AvgIpc) is 2.64. The van der Waals surface area contributed by atoms with Crippen molar-refractivity contribution in [3.8, 4) is 11.8 Å². The average molecular weight is 392 g/mol. The fourth-order valence-corrected chi connectivity index (χ4v) is 2.83. The maximum atomic E-state index is 12.6. The molecule has 0 bridgehead atoms. The minimum absolute atomic E-state index is 0.0206. The van der Waals surface area contributed by atoms with Gasteiger partial charge in [0.15, 0.2) is 0 Å². The Balaban J connectivity index is 1.56. The van der Waals surface area contributed by atoms with Gasteiger partial charge in [0.1, 0.15) is 11.9 Å². The molecule has 7 heteroatoms. The number of nitrogens with zero attached hydrogens (tertiary/aromatic N) is 3. The zero-order chi connectivity index (χ0) is 16.9. The van der Waals surface area contributed by atoms with Gasteiger partial charge in [0.25, 0.3) is 5.91 Å². The fraction of sp³-hybridized carbons (Fsp3) is 0.353. The van der Waals surface area contributed by atoms with Gasteiger partial charge >= 0.3 is 6.01 Å². The van der Waals surface area contributed by atoms with Crippen LogP contribution < -0.4 is 9.47 Å². The standard InChI is InChI=1S/C17H18BrN3O3/c1-23-15-4-2-3-12(9-15)16(22)21-7-5-14(6-8-21)24-17-19-10-13(18)11-20-17/h2-4,9-11,14H,5-8H2,1H3. The van der Waals surface area contributed by atoms with Crippen molar-refractivity contribution in [2.24, 2.45) is 0 Å². The molecule has 1 fully saturated rings. The van der Waals surface area contributed by atoms with E-state index < -0.39 is 0 Å². The SMILES string of the molecule is COc1cccc(C(=O)N2CCC(Oc3ncc(Br)cn3)CC2)c1. The van der Waals surface area contributed by atoms with E-state index in [9.17, 15) is 4.79 Å². The molecule has 3 rings (SSSR count). The first kappa shape index (κ1) is 16.7. The minimum Gasteiger partial charge on any atom is -0.497 e. The summed E-state index contributed by atoms with van der Waals surface area (Å²) < 4.78 is 11.8. The summed E-state index contributed by atoms with van der Waals surface area (Å²) in [7, 11) is 1.59. The van der Waals surface area contributed by atoms with E-state index in [-0.39, 0.29) is 12.0 Å². The minimum atomic E-state index is 0.0206. The number of ether oxygens (including phenoxy) is 2. The number of aromatic nitrogens is 2. The lowest BCUT2D eigenvalue weighted by molar-refractivity contribution is 0.0578. The van der Waals surface area contributed by atoms with Crippen molar-refractivity contribution in [3.63, 3.8) is 0 Å². The van der Waals surface area contributed by atoms with Crippen molar-refractivity contribution in [2.45, 2.75) is 18.9 Å². The number of carbonyl (C=O) groups excluding carboxylic acids is 1. The molecule has 0 unspecified atom stereocenters. The predicted molar refractivity (Wildman–Crippen MR) is 92.3 cm³/mol. The van der Waals surface area contributed by atoms with E-state index in [4.69, 9.17) is 9.47 Å². The third-order valence-corrected chi connectivity index (χ3v) is 4.32. The molecular formula is C17H18BrN3O3. The molecule has 126 valence electrons. The lowest BCUT2D eigenvalue weighted by Crippen LogP contribution is -2.41. The molecule has 0 radical (unpaired) electrons. The maximum absolute atomic E-state index is 12.6. The summed E-state index contributed by atoms with van der Waals surface area (Å²) in [5.41, 5.74) is 0.643. The molecule has 24 heavy (non-hydrogen) atoms. The van der Waals surface area contributed by atoms with Gasteiger partial charge in [0.05, 0.1) is 11.6 Å². The summed E-state index contributed by atoms with van der Waals surface area (Å²) in [5, 5.41) is 0. The van der Waals surface area contributed by atoms with E-state index in [1.807, 2.05) is 23.1 Å². The Morgan fingerprint density at radius 3 is 2.62 bits per heavy atom. The molecule has 1 aliphatic rings. The molecule has 1 saturated heterocycles. The van der Waals surface area contributed by atoms with Crippen LogP contribution in [0.5, 0.6) is 11.8 Å². The zero-order valence-corrected chi connectivity index (χ0v) is 14.9. The van der Waals surface area contributed by atoms with E-state index in [0.717, 1.165) is 17.3 Å². The van der Waals surface area contributed by atoms with Crippen molar-refractivity contribution >= 4 is 21.8 Å². The zero-order valence-electron chi connectivity index (χ0n) is 13.3. The van der Waals surface area contributed by atoms with Gasteiger partial charge in [-0.2, -0.15) is 0 Å². The molecule has 0 spiro atoms. The van der Waals surface area contributed by atoms with Gasteiger partial charge in [-0.1, -0.05) is 6.07 Å². The van der Waals surface area contributed by atoms with Gasteiger partial charge in [-0.25, -0.2) is 9.97 Å². The van der Waals surface area contributed by atoms with Gasteiger partial charge in [0, 0.05) is 43.9 Å². The first-order chi connectivity index (χ1) is 11.7. The monoisotopic (exact) mass is 391 g/mol. The van der Waals surface area contributed by atoms with Gasteiger partial charge in [0.2, 0.25) is 0 Å². The first-order valence-corrected chi connectivity index (χ1v) is 8.52. The number of hydrogen-bond donors (Lipinski definition) is 0. The Kier molecular flexibility index (Phi) is 5.30. The third kappa shape index (κ3) is 4.03. The lowest BCUT2D eigenvalue weighted by atomic mass is 10.1. The van der Waals surface area contributed by atoms with Crippen LogP contribution in [0.1, 0.15) is 23.2 Å². The van der Waals surface area contributed by atoms with Crippen LogP contribution in [0.4, 0.5) is 0 Å². The van der Waals surface area contributed by atoms with Crippen molar-refractivity contribution in [2.75, 3.05) is 20.2 Å². The summed E-state index contributed by atoms with van der Waals surface area (Å²) in [4.78, 5) is 22.7. The second kappa shape index (κ2) is 7.61. The van der Waals surface area contributed by atoms with Crippen molar-refractivity contribution < 1.29 is 14.3 Å². The molecular weight excluding hydrogens is 374 g/mol. The van der Waals surface area contributed by atoms with Crippen molar-refractivity contribution in [1.82, 2.24) is 14.9 Å². The van der Waals surface area contributed by atoms with Gasteiger partial charge < -0.3 is 14.4 Å². The van der Waals surface area contributed by atoms with Crippen molar-refractivity contribution in [1.29, 1.82) is 0 Å². The number of rotatable bonds is 4. The van der Waals surface area contributed by atoms with E-state index >= 15 is 0 Å². The molecule has 2 aromatic rings. The van der Waals surface area contributed by atoms with Crippen LogP contribution >= 0.6 is 15.9 Å². The van der Waals surface area contributed by atoms with Crippen LogP contribution in [-0.4, -0.2) is 47.1 Å². The lowest BCUT2D eigenvalue weighted by Gasteiger charge is -2.31. The number of likely N-dealkylation sites (tertiary alicyclic amines) is 1. The second-order valence-corrected chi connectivity index (χ2v) is 6.44. The predicted octanol–water partition coefficient (Wildman–Crippen LogP) is 2.93. The van der Waals surface area contributed by atoms with Crippen LogP contribution in [0.3, 0.4) is 0 Å². The smallest absolute Gasteiger partial charge is 0.316 e. The Hall–Kier alpha value is -2.15. The molecule has 1 amide bonds. The molecule has 0 atom stereocenters. The molecule has 1 aliphatic heterocycles. The highest BCUT2D eigenvalue weighted by atomic mass is 79.9. The van der Waals surface area contributed by atoms with Gasteiger partial charge in [-0.3, -0.25) is 4.79 Å². The molecule has 0 aliphatic carbocycles. The topological polar surface area (TPSA) is 64.5 Å². The van der Waals surface area contributed by atoms with Crippen molar-refractivity contribution in [3.05, 3.63) is 46.7 Å². The Morgan fingerprint density at radius 1 is 1.25 bits per heavy atom. The summed E-state index contributed by atoms with van der Waals surface area (Å²) in [6, 6.07) is 7.60. The Morgan fingerprint density at radius 2 is 1.96 bits per heavy atom. The van der Waals surface area contributed by atoms with E-state index in [1.165, 1.54) is 0 Å². The summed E-state index contributed by atoms with van der Waals surface area (Å²) in [6.45, 7) is 1.30. The van der Waals surface area contributed by atoms with Crippen LogP contribution in [0, 0.1) is 0 Å². The summed E-state index contributed by atoms with van der Waals surface area (Å²) in [5.74, 6) is 0.707. The number of hydrogen-bond acceptors (Lipinski definition) is 5.